The zero-order valence-corrected chi connectivity index (χ0v) is 16.8. The van der Waals surface area contributed by atoms with E-state index in [-0.39, 0.29) is 18.1 Å². The second kappa shape index (κ2) is 9.71. The van der Waals surface area contributed by atoms with Crippen molar-refractivity contribution in [3.05, 3.63) is 47.7 Å². The molecule has 1 aromatic carbocycles. The number of nitrogens with zero attached hydrogens (tertiary/aromatic N) is 2. The molecule has 1 amide bonds. The number of carbonyl (C=O) groups excluding carboxylic acids is 1. The molecule has 152 valence electrons. The zero-order valence-electron chi connectivity index (χ0n) is 16.8. The average Bonchev–Trinajstić information content (AvgIpc) is 3.38. The van der Waals surface area contributed by atoms with Gasteiger partial charge < -0.3 is 19.2 Å². The first-order chi connectivity index (χ1) is 13.5. The quantitative estimate of drug-likeness (QED) is 0.713. The van der Waals surface area contributed by atoms with Crippen LogP contribution in [0.15, 0.2) is 34.9 Å². The van der Waals surface area contributed by atoms with Crippen molar-refractivity contribution in [3.63, 3.8) is 0 Å². The number of amides is 1. The molecule has 0 aliphatic carbocycles. The Morgan fingerprint density at radius 2 is 2.25 bits per heavy atom. The van der Waals surface area contributed by atoms with Gasteiger partial charge in [0.05, 0.1) is 19.8 Å². The Labute approximate surface area is 166 Å². The van der Waals surface area contributed by atoms with Crippen molar-refractivity contribution in [2.24, 2.45) is 0 Å². The summed E-state index contributed by atoms with van der Waals surface area (Å²) in [5.74, 6) is 1.13. The molecule has 1 aliphatic rings. The Morgan fingerprint density at radius 1 is 1.39 bits per heavy atom. The third-order valence-corrected chi connectivity index (χ3v) is 4.89. The van der Waals surface area contributed by atoms with Crippen molar-refractivity contribution < 1.29 is 18.7 Å². The number of benzene rings is 1. The molecule has 1 fully saturated rings. The zero-order chi connectivity index (χ0) is 19.9. The van der Waals surface area contributed by atoms with E-state index in [1.165, 1.54) is 6.26 Å². The second-order valence-corrected chi connectivity index (χ2v) is 7.32. The van der Waals surface area contributed by atoms with Crippen LogP contribution in [-0.2, 0) is 17.8 Å². The molecule has 0 radical (unpaired) electrons. The number of aromatic nitrogens is 1. The Kier molecular flexibility index (Phi) is 7.06. The van der Waals surface area contributed by atoms with Crippen LogP contribution in [0.4, 0.5) is 0 Å². The van der Waals surface area contributed by atoms with Gasteiger partial charge >= 0.3 is 0 Å². The van der Waals surface area contributed by atoms with Crippen LogP contribution < -0.4 is 10.1 Å². The van der Waals surface area contributed by atoms with Crippen LogP contribution in [-0.4, -0.2) is 48.2 Å². The molecule has 0 saturated carbocycles. The van der Waals surface area contributed by atoms with Gasteiger partial charge in [-0.2, -0.15) is 0 Å². The number of ether oxygens (including phenoxy) is 2. The molecule has 7 nitrogen and oxygen atoms in total. The average molecular weight is 387 g/mol. The molecule has 1 aromatic heterocycles. The number of carbonyl (C=O) groups is 1. The minimum atomic E-state index is -0.227. The summed E-state index contributed by atoms with van der Waals surface area (Å²) >= 11 is 0. The highest BCUT2D eigenvalue weighted by molar-refractivity contribution is 5.91. The molecule has 1 saturated heterocycles. The van der Waals surface area contributed by atoms with Gasteiger partial charge in [0.2, 0.25) is 5.89 Å². The van der Waals surface area contributed by atoms with Gasteiger partial charge in [-0.15, -0.1) is 0 Å². The summed E-state index contributed by atoms with van der Waals surface area (Å²) in [7, 11) is 1.66. The van der Waals surface area contributed by atoms with Crippen LogP contribution in [0.3, 0.4) is 0 Å². The maximum atomic E-state index is 12.3. The standard InChI is InChI=1S/C21H29N3O4/c1-15(2)24(12-16-6-4-7-17(10-16)26-3)13-20-23-19(14-28-20)21(25)22-11-18-8-5-9-27-18/h4,6-7,10,14-15,18H,5,8-9,11-13H2,1-3H3,(H,22,25). The Balaban J connectivity index is 1.58. The van der Waals surface area contributed by atoms with E-state index in [9.17, 15) is 4.79 Å². The van der Waals surface area contributed by atoms with Gasteiger partial charge in [0, 0.05) is 25.7 Å². The lowest BCUT2D eigenvalue weighted by atomic mass is 10.2. The van der Waals surface area contributed by atoms with Crippen LogP contribution in [0.2, 0.25) is 0 Å². The van der Waals surface area contributed by atoms with Crippen molar-refractivity contribution in [1.29, 1.82) is 0 Å². The van der Waals surface area contributed by atoms with Crippen LogP contribution in [0.5, 0.6) is 5.75 Å². The highest BCUT2D eigenvalue weighted by atomic mass is 16.5. The number of hydrogen-bond donors (Lipinski definition) is 1. The third-order valence-electron chi connectivity index (χ3n) is 4.89. The van der Waals surface area contributed by atoms with Crippen molar-refractivity contribution in [2.75, 3.05) is 20.3 Å². The van der Waals surface area contributed by atoms with Gasteiger partial charge in [0.15, 0.2) is 5.69 Å². The molecule has 3 rings (SSSR count). The van der Waals surface area contributed by atoms with E-state index in [1.807, 2.05) is 18.2 Å². The normalized spacial score (nSPS) is 16.7. The smallest absolute Gasteiger partial charge is 0.273 e. The van der Waals surface area contributed by atoms with Crippen molar-refractivity contribution in [1.82, 2.24) is 15.2 Å². The second-order valence-electron chi connectivity index (χ2n) is 7.32. The summed E-state index contributed by atoms with van der Waals surface area (Å²) in [6.45, 7) is 6.78. The predicted molar refractivity (Wildman–Crippen MR) is 105 cm³/mol. The van der Waals surface area contributed by atoms with E-state index >= 15 is 0 Å². The molecule has 1 aliphatic heterocycles. The molecule has 0 bridgehead atoms. The molecule has 1 atom stereocenters. The summed E-state index contributed by atoms with van der Waals surface area (Å²) in [5, 5.41) is 2.87. The number of hydrogen-bond acceptors (Lipinski definition) is 6. The molecule has 2 heterocycles. The number of oxazole rings is 1. The Bertz CT molecular complexity index is 769. The molecule has 2 aromatic rings. The fourth-order valence-electron chi connectivity index (χ4n) is 3.19. The number of methoxy groups -OCH3 is 1. The Hall–Kier alpha value is -2.38. The first kappa shape index (κ1) is 20.4. The van der Waals surface area contributed by atoms with E-state index in [4.69, 9.17) is 13.9 Å². The van der Waals surface area contributed by atoms with Crippen molar-refractivity contribution in [3.8, 4) is 5.75 Å². The molecule has 1 N–H and O–H groups in total. The van der Waals surface area contributed by atoms with E-state index < -0.39 is 0 Å². The maximum absolute atomic E-state index is 12.3. The molecule has 1 unspecified atom stereocenters. The van der Waals surface area contributed by atoms with Gasteiger partial charge in [-0.3, -0.25) is 9.69 Å². The van der Waals surface area contributed by atoms with Gasteiger partial charge in [-0.05, 0) is 44.4 Å². The largest absolute Gasteiger partial charge is 0.497 e. The van der Waals surface area contributed by atoms with Gasteiger partial charge in [0.25, 0.3) is 5.91 Å². The SMILES string of the molecule is COc1cccc(CN(Cc2nc(C(=O)NCC3CCCO3)co2)C(C)C)c1. The third kappa shape index (κ3) is 5.56. The lowest BCUT2D eigenvalue weighted by molar-refractivity contribution is 0.0853. The summed E-state index contributed by atoms with van der Waals surface area (Å²) < 4.78 is 16.4. The highest BCUT2D eigenvalue weighted by Crippen LogP contribution is 2.18. The number of nitrogens with one attached hydrogen (secondary N) is 1. The summed E-state index contributed by atoms with van der Waals surface area (Å²) in [6, 6.07) is 8.29. The summed E-state index contributed by atoms with van der Waals surface area (Å²) in [6.07, 6.45) is 3.56. The topological polar surface area (TPSA) is 76.8 Å². The van der Waals surface area contributed by atoms with E-state index in [0.29, 0.717) is 24.7 Å². The molecular formula is C21H29N3O4. The fourth-order valence-corrected chi connectivity index (χ4v) is 3.19. The van der Waals surface area contributed by atoms with Gasteiger partial charge in [-0.1, -0.05) is 12.1 Å². The lowest BCUT2D eigenvalue weighted by Gasteiger charge is -2.25. The summed E-state index contributed by atoms with van der Waals surface area (Å²) in [5.41, 5.74) is 1.45. The first-order valence-corrected chi connectivity index (χ1v) is 9.76. The van der Waals surface area contributed by atoms with E-state index in [1.54, 1.807) is 7.11 Å². The minimum absolute atomic E-state index is 0.106. The summed E-state index contributed by atoms with van der Waals surface area (Å²) in [4.78, 5) is 18.9. The molecule has 0 spiro atoms. The predicted octanol–water partition coefficient (Wildman–Crippen LogP) is 3.00. The monoisotopic (exact) mass is 387 g/mol. The maximum Gasteiger partial charge on any atom is 0.273 e. The van der Waals surface area contributed by atoms with Crippen LogP contribution >= 0.6 is 0 Å². The van der Waals surface area contributed by atoms with E-state index in [0.717, 1.165) is 37.3 Å². The van der Waals surface area contributed by atoms with Gasteiger partial charge in [-0.25, -0.2) is 4.98 Å². The van der Waals surface area contributed by atoms with Crippen molar-refractivity contribution >= 4 is 5.91 Å². The Morgan fingerprint density at radius 3 is 2.96 bits per heavy atom. The van der Waals surface area contributed by atoms with Gasteiger partial charge in [0.1, 0.15) is 12.0 Å². The minimum Gasteiger partial charge on any atom is -0.497 e. The van der Waals surface area contributed by atoms with Crippen LogP contribution in [0, 0.1) is 0 Å². The first-order valence-electron chi connectivity index (χ1n) is 9.76. The number of rotatable bonds is 9. The van der Waals surface area contributed by atoms with E-state index in [2.05, 4.69) is 35.1 Å². The lowest BCUT2D eigenvalue weighted by Crippen LogP contribution is -2.32. The highest BCUT2D eigenvalue weighted by Gasteiger charge is 2.20. The fraction of sp³-hybridized carbons (Fsp3) is 0.524. The molecule has 28 heavy (non-hydrogen) atoms. The molecule has 7 heteroatoms. The van der Waals surface area contributed by atoms with Crippen LogP contribution in [0.1, 0.15) is 48.6 Å². The van der Waals surface area contributed by atoms with Crippen LogP contribution in [0.25, 0.3) is 0 Å². The molecular weight excluding hydrogens is 358 g/mol. The van der Waals surface area contributed by atoms with Crippen molar-refractivity contribution in [2.45, 2.75) is 51.9 Å².